The summed E-state index contributed by atoms with van der Waals surface area (Å²) in [6, 6.07) is 20.7. The van der Waals surface area contributed by atoms with Crippen LogP contribution in [0.4, 0.5) is 5.69 Å². The molecule has 4 rings (SSSR count). The van der Waals surface area contributed by atoms with Gasteiger partial charge in [0, 0.05) is 5.02 Å². The number of carbonyl (C=O) groups excluding carboxylic acids is 1. The van der Waals surface area contributed by atoms with E-state index in [-0.39, 0.29) is 11.9 Å². The van der Waals surface area contributed by atoms with Gasteiger partial charge in [0.1, 0.15) is 11.8 Å². The van der Waals surface area contributed by atoms with Crippen LogP contribution in [0.3, 0.4) is 0 Å². The van der Waals surface area contributed by atoms with E-state index in [1.165, 1.54) is 0 Å². The molecule has 1 heterocycles. The molecule has 0 spiro atoms. The molecule has 0 radical (unpaired) electrons. The summed E-state index contributed by atoms with van der Waals surface area (Å²) in [6.07, 6.45) is 3.36. The number of rotatable bonds is 5. The van der Waals surface area contributed by atoms with Gasteiger partial charge in [0.2, 0.25) is 6.10 Å². The van der Waals surface area contributed by atoms with Gasteiger partial charge in [-0.15, -0.1) is 0 Å². The van der Waals surface area contributed by atoms with Crippen molar-refractivity contribution in [1.82, 2.24) is 0 Å². The second kappa shape index (κ2) is 8.55. The van der Waals surface area contributed by atoms with Crippen molar-refractivity contribution >= 4 is 40.9 Å². The summed E-state index contributed by atoms with van der Waals surface area (Å²) >= 11 is 12.3. The summed E-state index contributed by atoms with van der Waals surface area (Å²) in [5, 5.41) is 0.900. The third kappa shape index (κ3) is 3.96. The molecule has 152 valence electrons. The van der Waals surface area contributed by atoms with E-state index >= 15 is 0 Å². The molecule has 5 heteroatoms. The Labute approximate surface area is 186 Å². The normalized spacial score (nSPS) is 18.5. The van der Waals surface area contributed by atoms with Gasteiger partial charge in [-0.1, -0.05) is 83.9 Å². The highest BCUT2D eigenvalue weighted by Crippen LogP contribution is 2.38. The smallest absolute Gasteiger partial charge is 0.271 e. The van der Waals surface area contributed by atoms with E-state index in [9.17, 15) is 4.79 Å². The first-order valence-electron chi connectivity index (χ1n) is 9.70. The first-order chi connectivity index (χ1) is 14.5. The number of β-lactam (4-membered cyclic amide) rings is 1. The predicted molar refractivity (Wildman–Crippen MR) is 124 cm³/mol. The first kappa shape index (κ1) is 20.5. The maximum absolute atomic E-state index is 13.2. The van der Waals surface area contributed by atoms with Crippen LogP contribution in [0.2, 0.25) is 10.0 Å². The van der Waals surface area contributed by atoms with Gasteiger partial charge in [-0.05, 0) is 48.7 Å². The predicted octanol–water partition coefficient (Wildman–Crippen LogP) is 6.49. The number of aryl methyl sites for hydroxylation is 2. The van der Waals surface area contributed by atoms with Crippen molar-refractivity contribution < 1.29 is 9.53 Å². The number of halogens is 2. The lowest BCUT2D eigenvalue weighted by molar-refractivity contribution is -0.133. The summed E-state index contributed by atoms with van der Waals surface area (Å²) in [6.45, 7) is 4.02. The lowest BCUT2D eigenvalue weighted by Crippen LogP contribution is -2.67. The Kier molecular flexibility index (Phi) is 5.85. The van der Waals surface area contributed by atoms with E-state index in [0.717, 1.165) is 22.4 Å². The summed E-state index contributed by atoms with van der Waals surface area (Å²) in [5.74, 6) is 0.347. The number of hydrogen-bond acceptors (Lipinski definition) is 2. The van der Waals surface area contributed by atoms with E-state index in [2.05, 4.69) is 0 Å². The Balaban J connectivity index is 1.68. The lowest BCUT2D eigenvalue weighted by atomic mass is 9.92. The van der Waals surface area contributed by atoms with Crippen molar-refractivity contribution in [2.75, 3.05) is 4.90 Å². The molecule has 3 nitrogen and oxygen atoms in total. The van der Waals surface area contributed by atoms with E-state index < -0.39 is 6.10 Å². The zero-order valence-electron chi connectivity index (χ0n) is 16.7. The van der Waals surface area contributed by atoms with Crippen LogP contribution in [0.1, 0.15) is 16.7 Å². The SMILES string of the molecule is Cc1cccc(C)c1N1C(=O)C(Oc2ccc(Cl)cc2Cl)C1/C=C/c1ccccc1. The minimum absolute atomic E-state index is 0.0962. The van der Waals surface area contributed by atoms with Crippen molar-refractivity contribution in [2.45, 2.75) is 26.0 Å². The van der Waals surface area contributed by atoms with E-state index in [1.54, 1.807) is 23.1 Å². The van der Waals surface area contributed by atoms with Crippen LogP contribution in [0.15, 0.2) is 72.8 Å². The number of amides is 1. The highest BCUT2D eigenvalue weighted by atomic mass is 35.5. The average Bonchev–Trinajstić information content (AvgIpc) is 2.73. The molecule has 30 heavy (non-hydrogen) atoms. The number of hydrogen-bond donors (Lipinski definition) is 0. The van der Waals surface area contributed by atoms with Crippen LogP contribution in [0.25, 0.3) is 6.08 Å². The fourth-order valence-electron chi connectivity index (χ4n) is 3.72. The van der Waals surface area contributed by atoms with Gasteiger partial charge >= 0.3 is 0 Å². The molecule has 2 atom stereocenters. The van der Waals surface area contributed by atoms with Gasteiger partial charge in [-0.25, -0.2) is 0 Å². The quantitative estimate of drug-likeness (QED) is 0.427. The average molecular weight is 438 g/mol. The molecule has 2 unspecified atom stereocenters. The molecule has 0 bridgehead atoms. The summed E-state index contributed by atoms with van der Waals surface area (Å²) in [4.78, 5) is 15.0. The minimum Gasteiger partial charge on any atom is -0.476 e. The maximum Gasteiger partial charge on any atom is 0.271 e. The van der Waals surface area contributed by atoms with Gasteiger partial charge in [-0.2, -0.15) is 0 Å². The summed E-state index contributed by atoms with van der Waals surface area (Å²) in [7, 11) is 0. The Morgan fingerprint density at radius 2 is 1.63 bits per heavy atom. The molecule has 0 aliphatic carbocycles. The van der Waals surface area contributed by atoms with Gasteiger partial charge in [0.25, 0.3) is 5.91 Å². The van der Waals surface area contributed by atoms with Gasteiger partial charge < -0.3 is 4.74 Å². The first-order valence-corrected chi connectivity index (χ1v) is 10.5. The van der Waals surface area contributed by atoms with Crippen molar-refractivity contribution in [3.63, 3.8) is 0 Å². The fourth-order valence-corrected chi connectivity index (χ4v) is 4.17. The Morgan fingerprint density at radius 3 is 2.30 bits per heavy atom. The molecule has 0 saturated carbocycles. The lowest BCUT2D eigenvalue weighted by Gasteiger charge is -2.46. The zero-order chi connectivity index (χ0) is 21.3. The molecule has 1 aliphatic heterocycles. The zero-order valence-corrected chi connectivity index (χ0v) is 18.2. The van der Waals surface area contributed by atoms with Crippen molar-refractivity contribution in [3.05, 3.63) is 99.5 Å². The topological polar surface area (TPSA) is 29.5 Å². The Bertz CT molecular complexity index is 1090. The number of ether oxygens (including phenoxy) is 1. The number of carbonyl (C=O) groups is 1. The van der Waals surface area contributed by atoms with Crippen molar-refractivity contribution in [1.29, 1.82) is 0 Å². The van der Waals surface area contributed by atoms with Crippen molar-refractivity contribution in [3.8, 4) is 5.75 Å². The van der Waals surface area contributed by atoms with E-state index in [1.807, 2.05) is 74.5 Å². The monoisotopic (exact) mass is 437 g/mol. The highest BCUT2D eigenvalue weighted by Gasteiger charge is 2.49. The largest absolute Gasteiger partial charge is 0.476 e. The number of para-hydroxylation sites is 1. The third-order valence-corrected chi connectivity index (χ3v) is 5.73. The molecule has 1 saturated heterocycles. The summed E-state index contributed by atoms with van der Waals surface area (Å²) in [5.41, 5.74) is 4.07. The minimum atomic E-state index is -0.664. The summed E-state index contributed by atoms with van der Waals surface area (Å²) < 4.78 is 6.05. The maximum atomic E-state index is 13.2. The Morgan fingerprint density at radius 1 is 0.933 bits per heavy atom. The molecular weight excluding hydrogens is 417 g/mol. The van der Waals surface area contributed by atoms with Crippen LogP contribution in [-0.2, 0) is 4.79 Å². The fraction of sp³-hybridized carbons (Fsp3) is 0.160. The van der Waals surface area contributed by atoms with E-state index in [0.29, 0.717) is 15.8 Å². The molecule has 3 aromatic rings. The van der Waals surface area contributed by atoms with Crippen LogP contribution < -0.4 is 9.64 Å². The molecule has 1 aliphatic rings. The second-order valence-electron chi connectivity index (χ2n) is 7.32. The van der Waals surface area contributed by atoms with Gasteiger partial charge in [0.15, 0.2) is 0 Å². The van der Waals surface area contributed by atoms with Crippen molar-refractivity contribution in [2.24, 2.45) is 0 Å². The van der Waals surface area contributed by atoms with Crippen LogP contribution in [-0.4, -0.2) is 18.1 Å². The Hall–Kier alpha value is -2.75. The molecular formula is C25H21Cl2NO2. The number of nitrogens with zero attached hydrogens (tertiary/aromatic N) is 1. The highest BCUT2D eigenvalue weighted by molar-refractivity contribution is 6.35. The van der Waals surface area contributed by atoms with Crippen LogP contribution >= 0.6 is 23.2 Å². The molecule has 3 aromatic carbocycles. The molecule has 1 fully saturated rings. The standard InChI is InChI=1S/C25H21Cl2NO2/c1-16-7-6-8-17(2)23(16)28-21(13-11-18-9-4-3-5-10-18)24(25(28)29)30-22-14-12-19(26)15-20(22)27/h3-15,21,24H,1-2H3/b13-11+. The number of anilines is 1. The number of benzene rings is 3. The molecule has 0 aromatic heterocycles. The van der Waals surface area contributed by atoms with Crippen LogP contribution in [0, 0.1) is 13.8 Å². The molecule has 1 amide bonds. The molecule has 0 N–H and O–H groups in total. The van der Waals surface area contributed by atoms with Gasteiger partial charge in [-0.3, -0.25) is 9.69 Å². The van der Waals surface area contributed by atoms with Gasteiger partial charge in [0.05, 0.1) is 10.7 Å². The second-order valence-corrected chi connectivity index (χ2v) is 8.17. The van der Waals surface area contributed by atoms with E-state index in [4.69, 9.17) is 27.9 Å². The third-order valence-electron chi connectivity index (χ3n) is 5.20. The van der Waals surface area contributed by atoms with Crippen LogP contribution in [0.5, 0.6) is 5.75 Å².